The van der Waals surface area contributed by atoms with Gasteiger partial charge in [-0.05, 0) is 36.5 Å². The molecule has 60 valence electrons. The Morgan fingerprint density at radius 2 is 2.17 bits per heavy atom. The lowest BCUT2D eigenvalue weighted by Gasteiger charge is -2.01. The van der Waals surface area contributed by atoms with Crippen molar-refractivity contribution in [1.29, 1.82) is 5.26 Å². The molecule has 2 N–H and O–H groups in total. The van der Waals surface area contributed by atoms with Gasteiger partial charge in [-0.15, -0.1) is 0 Å². The molecule has 0 spiro atoms. The number of hydrogen-bond donors (Lipinski definition) is 1. The van der Waals surface area contributed by atoms with Crippen LogP contribution in [0.2, 0.25) is 0 Å². The zero-order chi connectivity index (χ0) is 8.55. The van der Waals surface area contributed by atoms with Crippen molar-refractivity contribution < 1.29 is 0 Å². The first-order valence-electron chi connectivity index (χ1n) is 4.11. The monoisotopic (exact) mass is 158 g/mol. The first kappa shape index (κ1) is 7.17. The molecule has 0 atom stereocenters. The van der Waals surface area contributed by atoms with Crippen molar-refractivity contribution in [3.05, 3.63) is 29.3 Å². The van der Waals surface area contributed by atoms with Gasteiger partial charge in [0.2, 0.25) is 0 Å². The molecular formula is C10H10N2. The minimum Gasteiger partial charge on any atom is -0.399 e. The molecule has 0 unspecified atom stereocenters. The van der Waals surface area contributed by atoms with Crippen LogP contribution in [0.1, 0.15) is 29.9 Å². The maximum atomic E-state index is 8.81. The Labute approximate surface area is 71.6 Å². The zero-order valence-corrected chi connectivity index (χ0v) is 6.75. The van der Waals surface area contributed by atoms with E-state index >= 15 is 0 Å². The van der Waals surface area contributed by atoms with E-state index in [0.29, 0.717) is 11.6 Å². The highest BCUT2D eigenvalue weighted by Gasteiger charge is 2.25. The van der Waals surface area contributed by atoms with E-state index in [9.17, 15) is 0 Å². The van der Waals surface area contributed by atoms with Gasteiger partial charge in [0.05, 0.1) is 11.6 Å². The number of nitrogen functional groups attached to an aromatic ring is 1. The van der Waals surface area contributed by atoms with Crippen LogP contribution in [0, 0.1) is 11.3 Å². The summed E-state index contributed by atoms with van der Waals surface area (Å²) in [4.78, 5) is 0. The molecule has 0 saturated heterocycles. The van der Waals surface area contributed by atoms with Crippen molar-refractivity contribution in [2.75, 3.05) is 5.73 Å². The van der Waals surface area contributed by atoms with Gasteiger partial charge < -0.3 is 5.73 Å². The summed E-state index contributed by atoms with van der Waals surface area (Å²) in [5.41, 5.74) is 8.17. The van der Waals surface area contributed by atoms with E-state index in [1.165, 1.54) is 18.4 Å². The molecule has 0 bridgehead atoms. The smallest absolute Gasteiger partial charge is 0.0995 e. The molecule has 1 aliphatic carbocycles. The highest BCUT2D eigenvalue weighted by Crippen LogP contribution is 2.41. The Morgan fingerprint density at radius 3 is 2.75 bits per heavy atom. The molecule has 1 aromatic carbocycles. The number of nitriles is 1. The SMILES string of the molecule is N#Cc1cc(N)ccc1C1CC1. The molecule has 12 heavy (non-hydrogen) atoms. The minimum absolute atomic E-state index is 0.625. The van der Waals surface area contributed by atoms with Crippen LogP contribution < -0.4 is 5.73 Å². The third-order valence-corrected chi connectivity index (χ3v) is 2.21. The van der Waals surface area contributed by atoms with Crippen LogP contribution in [0.5, 0.6) is 0 Å². The van der Waals surface area contributed by atoms with Crippen molar-refractivity contribution in [3.63, 3.8) is 0 Å². The largest absolute Gasteiger partial charge is 0.399 e. The molecule has 1 aliphatic rings. The van der Waals surface area contributed by atoms with Crippen LogP contribution in [0.15, 0.2) is 18.2 Å². The summed E-state index contributed by atoms with van der Waals surface area (Å²) in [7, 11) is 0. The predicted molar refractivity (Wildman–Crippen MR) is 47.5 cm³/mol. The Balaban J connectivity index is 2.47. The van der Waals surface area contributed by atoms with Crippen LogP contribution in [0.3, 0.4) is 0 Å². The molecular weight excluding hydrogens is 148 g/mol. The average Bonchev–Trinajstić information content (AvgIpc) is 2.87. The standard InChI is InChI=1S/C10H10N2/c11-6-8-5-9(12)3-4-10(8)7-1-2-7/h3-5,7H,1-2,12H2. The quantitative estimate of drug-likeness (QED) is 0.635. The summed E-state index contributed by atoms with van der Waals surface area (Å²) in [6.07, 6.45) is 2.44. The Hall–Kier alpha value is -1.49. The van der Waals surface area contributed by atoms with Gasteiger partial charge in [-0.25, -0.2) is 0 Å². The third-order valence-electron chi connectivity index (χ3n) is 2.21. The van der Waals surface area contributed by atoms with Gasteiger partial charge >= 0.3 is 0 Å². The molecule has 0 aliphatic heterocycles. The first-order chi connectivity index (χ1) is 5.81. The van der Waals surface area contributed by atoms with Gasteiger partial charge in [-0.1, -0.05) is 6.07 Å². The lowest BCUT2D eigenvalue weighted by atomic mass is 10.0. The van der Waals surface area contributed by atoms with Crippen molar-refractivity contribution in [2.45, 2.75) is 18.8 Å². The number of benzene rings is 1. The van der Waals surface area contributed by atoms with Crippen molar-refractivity contribution in [1.82, 2.24) is 0 Å². The maximum Gasteiger partial charge on any atom is 0.0995 e. The van der Waals surface area contributed by atoms with Gasteiger partial charge in [0.15, 0.2) is 0 Å². The van der Waals surface area contributed by atoms with E-state index < -0.39 is 0 Å². The van der Waals surface area contributed by atoms with Crippen molar-refractivity contribution >= 4 is 5.69 Å². The Kier molecular flexibility index (Phi) is 1.51. The number of anilines is 1. The van der Waals surface area contributed by atoms with Gasteiger partial charge in [-0.2, -0.15) is 5.26 Å². The topological polar surface area (TPSA) is 49.8 Å². The number of nitrogens with two attached hydrogens (primary N) is 1. The van der Waals surface area contributed by atoms with Gasteiger partial charge in [0, 0.05) is 5.69 Å². The minimum atomic E-state index is 0.625. The summed E-state index contributed by atoms with van der Waals surface area (Å²) in [5, 5.41) is 8.81. The van der Waals surface area contributed by atoms with Crippen LogP contribution in [0.4, 0.5) is 5.69 Å². The normalized spacial score (nSPS) is 15.6. The molecule has 0 amide bonds. The fourth-order valence-corrected chi connectivity index (χ4v) is 1.42. The predicted octanol–water partition coefficient (Wildman–Crippen LogP) is 2.02. The molecule has 0 radical (unpaired) electrons. The molecule has 2 heteroatoms. The van der Waals surface area contributed by atoms with E-state index in [0.717, 1.165) is 5.56 Å². The first-order valence-corrected chi connectivity index (χ1v) is 4.11. The summed E-state index contributed by atoms with van der Waals surface area (Å²) < 4.78 is 0. The highest BCUT2D eigenvalue weighted by atomic mass is 14.5. The lowest BCUT2D eigenvalue weighted by molar-refractivity contribution is 1.12. The summed E-state index contributed by atoms with van der Waals surface area (Å²) in [6.45, 7) is 0. The average molecular weight is 158 g/mol. The van der Waals surface area contributed by atoms with Gasteiger partial charge in [-0.3, -0.25) is 0 Å². The van der Waals surface area contributed by atoms with Crippen molar-refractivity contribution in [2.24, 2.45) is 0 Å². The molecule has 2 rings (SSSR count). The molecule has 0 heterocycles. The number of nitrogens with zero attached hydrogens (tertiary/aromatic N) is 1. The van der Waals surface area contributed by atoms with Crippen LogP contribution in [0.25, 0.3) is 0 Å². The Morgan fingerprint density at radius 1 is 1.42 bits per heavy atom. The number of rotatable bonds is 1. The van der Waals surface area contributed by atoms with Crippen LogP contribution in [-0.2, 0) is 0 Å². The van der Waals surface area contributed by atoms with E-state index in [1.807, 2.05) is 12.1 Å². The van der Waals surface area contributed by atoms with Gasteiger partial charge in [0.1, 0.15) is 0 Å². The van der Waals surface area contributed by atoms with E-state index in [1.54, 1.807) is 6.07 Å². The van der Waals surface area contributed by atoms with E-state index in [2.05, 4.69) is 6.07 Å². The summed E-state index contributed by atoms with van der Waals surface area (Å²) in [5.74, 6) is 0.625. The molecule has 1 aromatic rings. The second-order valence-corrected chi connectivity index (χ2v) is 3.23. The second-order valence-electron chi connectivity index (χ2n) is 3.23. The fourth-order valence-electron chi connectivity index (χ4n) is 1.42. The lowest BCUT2D eigenvalue weighted by Crippen LogP contribution is -1.90. The molecule has 1 saturated carbocycles. The zero-order valence-electron chi connectivity index (χ0n) is 6.75. The second kappa shape index (κ2) is 2.53. The van der Waals surface area contributed by atoms with Crippen LogP contribution in [-0.4, -0.2) is 0 Å². The Bertz CT molecular complexity index is 345. The summed E-state index contributed by atoms with van der Waals surface area (Å²) in [6, 6.07) is 7.78. The van der Waals surface area contributed by atoms with Crippen LogP contribution >= 0.6 is 0 Å². The summed E-state index contributed by atoms with van der Waals surface area (Å²) >= 11 is 0. The van der Waals surface area contributed by atoms with Crippen molar-refractivity contribution in [3.8, 4) is 6.07 Å². The van der Waals surface area contributed by atoms with E-state index in [4.69, 9.17) is 11.0 Å². The molecule has 1 fully saturated rings. The third kappa shape index (κ3) is 1.14. The molecule has 2 nitrogen and oxygen atoms in total. The number of hydrogen-bond acceptors (Lipinski definition) is 2. The van der Waals surface area contributed by atoms with E-state index in [-0.39, 0.29) is 0 Å². The maximum absolute atomic E-state index is 8.81. The highest BCUT2D eigenvalue weighted by molar-refractivity contribution is 5.51. The van der Waals surface area contributed by atoms with Gasteiger partial charge in [0.25, 0.3) is 0 Å². The fraction of sp³-hybridized carbons (Fsp3) is 0.300. The molecule has 0 aromatic heterocycles.